The zero-order chi connectivity index (χ0) is 15.2. The predicted molar refractivity (Wildman–Crippen MR) is 74.9 cm³/mol. The lowest BCUT2D eigenvalue weighted by molar-refractivity contribution is -0.128. The Morgan fingerprint density at radius 3 is 2.81 bits per heavy atom. The van der Waals surface area contributed by atoms with Crippen LogP contribution in [0.25, 0.3) is 0 Å². The van der Waals surface area contributed by atoms with Crippen LogP contribution in [0.3, 0.4) is 0 Å². The molecule has 1 unspecified atom stereocenters. The van der Waals surface area contributed by atoms with Gasteiger partial charge in [-0.2, -0.15) is 0 Å². The molecule has 6 heteroatoms. The standard InChI is InChI=1S/C15H19FN2O3/c1-2-21-15(20)17-8-12-7-14(19)18(10-12)9-11-3-5-13(16)6-4-11/h3-6,12H,2,7-10H2,1H3,(H,17,20). The van der Waals surface area contributed by atoms with Crippen molar-refractivity contribution in [3.05, 3.63) is 35.6 Å². The highest BCUT2D eigenvalue weighted by Crippen LogP contribution is 2.19. The van der Waals surface area contributed by atoms with Gasteiger partial charge in [-0.25, -0.2) is 9.18 Å². The van der Waals surface area contributed by atoms with E-state index in [2.05, 4.69) is 5.32 Å². The largest absolute Gasteiger partial charge is 0.450 e. The second kappa shape index (κ2) is 7.06. The van der Waals surface area contributed by atoms with Crippen molar-refractivity contribution >= 4 is 12.0 Å². The van der Waals surface area contributed by atoms with E-state index < -0.39 is 6.09 Å². The summed E-state index contributed by atoms with van der Waals surface area (Å²) in [7, 11) is 0. The molecule has 0 spiro atoms. The van der Waals surface area contributed by atoms with E-state index in [1.165, 1.54) is 12.1 Å². The Morgan fingerprint density at radius 1 is 1.43 bits per heavy atom. The Morgan fingerprint density at radius 2 is 2.14 bits per heavy atom. The molecular formula is C15H19FN2O3. The lowest BCUT2D eigenvalue weighted by Gasteiger charge is -2.17. The number of hydrogen-bond donors (Lipinski definition) is 1. The Balaban J connectivity index is 1.82. The number of benzene rings is 1. The first-order chi connectivity index (χ1) is 10.1. The van der Waals surface area contributed by atoms with Crippen LogP contribution >= 0.6 is 0 Å². The number of nitrogens with zero attached hydrogens (tertiary/aromatic N) is 1. The van der Waals surface area contributed by atoms with Crippen molar-refractivity contribution < 1.29 is 18.7 Å². The first kappa shape index (κ1) is 15.3. The highest BCUT2D eigenvalue weighted by atomic mass is 19.1. The van der Waals surface area contributed by atoms with Crippen LogP contribution in [0, 0.1) is 11.7 Å². The fraction of sp³-hybridized carbons (Fsp3) is 0.467. The van der Waals surface area contributed by atoms with Crippen LogP contribution in [0.2, 0.25) is 0 Å². The molecule has 1 atom stereocenters. The molecule has 2 rings (SSSR count). The second-order valence-electron chi connectivity index (χ2n) is 5.07. The van der Waals surface area contributed by atoms with Crippen LogP contribution in [0.4, 0.5) is 9.18 Å². The Hall–Kier alpha value is -2.11. The molecule has 114 valence electrons. The molecule has 1 N–H and O–H groups in total. The first-order valence-corrected chi connectivity index (χ1v) is 7.01. The molecule has 0 radical (unpaired) electrons. The molecule has 1 aliphatic heterocycles. The number of ether oxygens (including phenoxy) is 1. The van der Waals surface area contributed by atoms with Gasteiger partial charge in [-0.1, -0.05) is 12.1 Å². The number of likely N-dealkylation sites (tertiary alicyclic amines) is 1. The van der Waals surface area contributed by atoms with Gasteiger partial charge in [0, 0.05) is 32.0 Å². The molecule has 1 heterocycles. The minimum absolute atomic E-state index is 0.0509. The molecule has 1 aromatic rings. The lowest BCUT2D eigenvalue weighted by atomic mass is 10.1. The molecule has 1 aliphatic rings. The lowest BCUT2D eigenvalue weighted by Crippen LogP contribution is -2.31. The van der Waals surface area contributed by atoms with Gasteiger partial charge < -0.3 is 15.0 Å². The normalized spacial score (nSPS) is 17.9. The van der Waals surface area contributed by atoms with E-state index in [-0.39, 0.29) is 17.6 Å². The van der Waals surface area contributed by atoms with E-state index >= 15 is 0 Å². The van der Waals surface area contributed by atoms with Crippen molar-refractivity contribution in [2.45, 2.75) is 19.9 Å². The van der Waals surface area contributed by atoms with Crippen LogP contribution in [-0.4, -0.2) is 36.6 Å². The predicted octanol–water partition coefficient (Wildman–Crippen LogP) is 1.92. The van der Waals surface area contributed by atoms with Crippen molar-refractivity contribution in [3.63, 3.8) is 0 Å². The van der Waals surface area contributed by atoms with Gasteiger partial charge in [-0.15, -0.1) is 0 Å². The summed E-state index contributed by atoms with van der Waals surface area (Å²) in [5, 5.41) is 2.65. The summed E-state index contributed by atoms with van der Waals surface area (Å²) in [4.78, 5) is 24.9. The summed E-state index contributed by atoms with van der Waals surface area (Å²) >= 11 is 0. The minimum Gasteiger partial charge on any atom is -0.450 e. The molecule has 1 fully saturated rings. The van der Waals surface area contributed by atoms with Gasteiger partial charge in [-0.3, -0.25) is 4.79 Å². The molecule has 0 aromatic heterocycles. The van der Waals surface area contributed by atoms with Gasteiger partial charge in [0.25, 0.3) is 0 Å². The average Bonchev–Trinajstić information content (AvgIpc) is 2.80. The molecule has 5 nitrogen and oxygen atoms in total. The maximum atomic E-state index is 12.8. The van der Waals surface area contributed by atoms with Crippen LogP contribution in [0.5, 0.6) is 0 Å². The van der Waals surface area contributed by atoms with E-state index in [0.717, 1.165) is 5.56 Å². The highest BCUT2D eigenvalue weighted by Gasteiger charge is 2.29. The summed E-state index contributed by atoms with van der Waals surface area (Å²) in [6.07, 6.45) is -0.0462. The van der Waals surface area contributed by atoms with Gasteiger partial charge >= 0.3 is 6.09 Å². The Kier molecular flexibility index (Phi) is 5.14. The fourth-order valence-corrected chi connectivity index (χ4v) is 2.36. The van der Waals surface area contributed by atoms with Gasteiger partial charge in [-0.05, 0) is 24.6 Å². The van der Waals surface area contributed by atoms with Crippen LogP contribution in [0.1, 0.15) is 18.9 Å². The zero-order valence-electron chi connectivity index (χ0n) is 12.0. The van der Waals surface area contributed by atoms with Crippen LogP contribution in [-0.2, 0) is 16.1 Å². The van der Waals surface area contributed by atoms with Crippen molar-refractivity contribution in [1.82, 2.24) is 10.2 Å². The van der Waals surface area contributed by atoms with E-state index in [9.17, 15) is 14.0 Å². The van der Waals surface area contributed by atoms with Crippen LogP contribution in [0.15, 0.2) is 24.3 Å². The first-order valence-electron chi connectivity index (χ1n) is 7.01. The number of rotatable bonds is 5. The number of amides is 2. The molecule has 0 saturated carbocycles. The molecule has 1 aromatic carbocycles. The van der Waals surface area contributed by atoms with E-state index in [1.807, 2.05) is 0 Å². The minimum atomic E-state index is -0.457. The summed E-state index contributed by atoms with van der Waals surface area (Å²) < 4.78 is 17.6. The van der Waals surface area contributed by atoms with Crippen LogP contribution < -0.4 is 5.32 Å². The maximum Gasteiger partial charge on any atom is 0.407 e. The smallest absolute Gasteiger partial charge is 0.407 e. The third kappa shape index (κ3) is 4.44. The number of carbonyl (C=O) groups is 2. The summed E-state index contributed by atoms with van der Waals surface area (Å²) in [6, 6.07) is 6.12. The number of hydrogen-bond acceptors (Lipinski definition) is 3. The average molecular weight is 294 g/mol. The zero-order valence-corrected chi connectivity index (χ0v) is 12.0. The quantitative estimate of drug-likeness (QED) is 0.902. The number of alkyl carbamates (subject to hydrolysis) is 1. The topological polar surface area (TPSA) is 58.6 Å². The van der Waals surface area contributed by atoms with Crippen molar-refractivity contribution in [2.24, 2.45) is 5.92 Å². The number of halogens is 1. The molecule has 1 saturated heterocycles. The fourth-order valence-electron chi connectivity index (χ4n) is 2.36. The molecule has 21 heavy (non-hydrogen) atoms. The monoisotopic (exact) mass is 294 g/mol. The Labute approximate surface area is 123 Å². The van der Waals surface area contributed by atoms with E-state index in [4.69, 9.17) is 4.74 Å². The van der Waals surface area contributed by atoms with Gasteiger partial charge in [0.15, 0.2) is 0 Å². The Bertz CT molecular complexity index is 504. The summed E-state index contributed by atoms with van der Waals surface area (Å²) in [5.41, 5.74) is 0.892. The molecular weight excluding hydrogens is 275 g/mol. The van der Waals surface area contributed by atoms with Gasteiger partial charge in [0.05, 0.1) is 6.61 Å². The number of carbonyl (C=O) groups excluding carboxylic acids is 2. The molecule has 0 bridgehead atoms. The molecule has 2 amide bonds. The third-order valence-electron chi connectivity index (χ3n) is 3.39. The third-order valence-corrected chi connectivity index (χ3v) is 3.39. The SMILES string of the molecule is CCOC(=O)NCC1CC(=O)N(Cc2ccc(F)cc2)C1. The van der Waals surface area contributed by atoms with Gasteiger partial charge in [0.1, 0.15) is 5.82 Å². The van der Waals surface area contributed by atoms with E-state index in [1.54, 1.807) is 24.0 Å². The van der Waals surface area contributed by atoms with Gasteiger partial charge in [0.2, 0.25) is 5.91 Å². The van der Waals surface area contributed by atoms with Crippen molar-refractivity contribution in [2.75, 3.05) is 19.7 Å². The maximum absolute atomic E-state index is 12.8. The highest BCUT2D eigenvalue weighted by molar-refractivity contribution is 5.78. The van der Waals surface area contributed by atoms with E-state index in [0.29, 0.717) is 32.7 Å². The van der Waals surface area contributed by atoms with Crippen molar-refractivity contribution in [3.8, 4) is 0 Å². The summed E-state index contributed by atoms with van der Waals surface area (Å²) in [6.45, 7) is 3.54. The van der Waals surface area contributed by atoms with Crippen molar-refractivity contribution in [1.29, 1.82) is 0 Å². The summed E-state index contributed by atoms with van der Waals surface area (Å²) in [5.74, 6) is -0.152. The second-order valence-corrected chi connectivity index (χ2v) is 5.07. The molecule has 0 aliphatic carbocycles. The number of nitrogens with one attached hydrogen (secondary N) is 1.